The van der Waals surface area contributed by atoms with Crippen LogP contribution in [0.1, 0.15) is 69.1 Å². The number of rotatable bonds is 11. The van der Waals surface area contributed by atoms with Gasteiger partial charge in [-0.3, -0.25) is 14.7 Å². The Morgan fingerprint density at radius 3 is 2.65 bits per heavy atom. The molecule has 3 aliphatic rings. The van der Waals surface area contributed by atoms with Gasteiger partial charge < -0.3 is 24.6 Å². The maximum atomic E-state index is 14.3. The highest BCUT2D eigenvalue weighted by molar-refractivity contribution is 5.97. The average Bonchev–Trinajstić information content (AvgIpc) is 3.03. The number of fused-ring (bicyclic) bond motifs is 1. The molecule has 1 saturated heterocycles. The normalized spacial score (nSPS) is 17.0. The van der Waals surface area contributed by atoms with Gasteiger partial charge in [-0.25, -0.2) is 14.4 Å². The lowest BCUT2D eigenvalue weighted by Crippen LogP contribution is -2.65. The third kappa shape index (κ3) is 7.10. The molecule has 2 fully saturated rings. The first-order valence-electron chi connectivity index (χ1n) is 16.6. The van der Waals surface area contributed by atoms with Crippen molar-refractivity contribution >= 4 is 11.7 Å². The fourth-order valence-electron chi connectivity index (χ4n) is 6.77. The lowest BCUT2D eigenvalue weighted by molar-refractivity contribution is -0.0352. The van der Waals surface area contributed by atoms with E-state index in [-0.39, 0.29) is 34.8 Å². The predicted molar refractivity (Wildman–Crippen MR) is 177 cm³/mol. The number of aromatic nitrogens is 3. The van der Waals surface area contributed by atoms with Crippen molar-refractivity contribution in [2.24, 2.45) is 5.41 Å². The fraction of sp³-hybridized carbons (Fsp3) is 0.543. The number of amides is 1. The van der Waals surface area contributed by atoms with Crippen molar-refractivity contribution in [3.63, 3.8) is 0 Å². The van der Waals surface area contributed by atoms with Crippen molar-refractivity contribution in [3.8, 4) is 17.2 Å². The molecule has 3 aromatic rings. The smallest absolute Gasteiger partial charge is 0.257 e. The maximum Gasteiger partial charge on any atom is 0.257 e. The van der Waals surface area contributed by atoms with Gasteiger partial charge in [0, 0.05) is 81.1 Å². The van der Waals surface area contributed by atoms with E-state index in [0.717, 1.165) is 70.0 Å². The van der Waals surface area contributed by atoms with Crippen LogP contribution in [-0.4, -0.2) is 89.1 Å². The van der Waals surface area contributed by atoms with Crippen molar-refractivity contribution in [2.45, 2.75) is 72.6 Å². The SMILES string of the molecule is CC.CCN(C(=O)c1cc(F)ccc1Oc1cncnc1N1CC2(CC(Oc3ccnc4c3CN(CCNC)CC4)C2)C1)C(C)C. The van der Waals surface area contributed by atoms with Crippen LogP contribution in [0.5, 0.6) is 17.2 Å². The molecule has 11 heteroatoms. The van der Waals surface area contributed by atoms with E-state index in [1.165, 1.54) is 30.1 Å². The Kier molecular flexibility index (Phi) is 10.7. The number of hydrogen-bond donors (Lipinski definition) is 1. The molecule has 46 heavy (non-hydrogen) atoms. The predicted octanol–water partition coefficient (Wildman–Crippen LogP) is 5.33. The summed E-state index contributed by atoms with van der Waals surface area (Å²) in [5, 5.41) is 3.24. The van der Waals surface area contributed by atoms with Crippen LogP contribution in [0.15, 0.2) is 43.0 Å². The molecule has 2 aromatic heterocycles. The minimum atomic E-state index is -0.491. The number of nitrogens with zero attached hydrogens (tertiary/aromatic N) is 6. The van der Waals surface area contributed by atoms with Crippen LogP contribution in [-0.2, 0) is 13.0 Å². The first-order valence-corrected chi connectivity index (χ1v) is 16.6. The third-order valence-electron chi connectivity index (χ3n) is 9.07. The Hall–Kier alpha value is -3.83. The molecule has 248 valence electrons. The molecule has 4 heterocycles. The molecule has 1 N–H and O–H groups in total. The molecule has 0 atom stereocenters. The van der Waals surface area contributed by atoms with Gasteiger partial charge in [0.05, 0.1) is 11.8 Å². The number of carbonyl (C=O) groups is 1. The quantitative estimate of drug-likeness (QED) is 0.301. The minimum Gasteiger partial charge on any atom is -0.490 e. The number of anilines is 1. The number of pyridine rings is 1. The second-order valence-corrected chi connectivity index (χ2v) is 12.5. The van der Waals surface area contributed by atoms with Crippen LogP contribution in [0.2, 0.25) is 0 Å². The monoisotopic (exact) mass is 633 g/mol. The van der Waals surface area contributed by atoms with E-state index in [1.807, 2.05) is 53.9 Å². The van der Waals surface area contributed by atoms with Crippen LogP contribution in [0.25, 0.3) is 0 Å². The number of hydrogen-bond acceptors (Lipinski definition) is 9. The minimum absolute atomic E-state index is 0.0335. The van der Waals surface area contributed by atoms with Crippen molar-refractivity contribution in [2.75, 3.05) is 51.2 Å². The first kappa shape index (κ1) is 33.5. The zero-order chi connectivity index (χ0) is 32.8. The van der Waals surface area contributed by atoms with Crippen LogP contribution >= 0.6 is 0 Å². The molecule has 0 bridgehead atoms. The summed E-state index contributed by atoms with van der Waals surface area (Å²) in [7, 11) is 1.99. The second-order valence-electron chi connectivity index (χ2n) is 12.5. The van der Waals surface area contributed by atoms with Gasteiger partial charge >= 0.3 is 0 Å². The zero-order valence-corrected chi connectivity index (χ0v) is 28.1. The summed E-state index contributed by atoms with van der Waals surface area (Å²) in [5.74, 6) is 1.59. The summed E-state index contributed by atoms with van der Waals surface area (Å²) in [6, 6.07) is 6.01. The highest BCUT2D eigenvalue weighted by Crippen LogP contribution is 2.52. The first-order chi connectivity index (χ1) is 22.3. The zero-order valence-electron chi connectivity index (χ0n) is 28.1. The summed E-state index contributed by atoms with van der Waals surface area (Å²) < 4.78 is 27.0. The molecule has 1 aromatic carbocycles. The van der Waals surface area contributed by atoms with E-state index in [4.69, 9.17) is 9.47 Å². The molecule has 6 rings (SSSR count). The lowest BCUT2D eigenvalue weighted by atomic mass is 9.61. The molecule has 1 aliphatic carbocycles. The number of benzene rings is 1. The Morgan fingerprint density at radius 1 is 1.15 bits per heavy atom. The van der Waals surface area contributed by atoms with Crippen molar-refractivity contribution in [1.29, 1.82) is 0 Å². The van der Waals surface area contributed by atoms with E-state index in [0.29, 0.717) is 18.1 Å². The van der Waals surface area contributed by atoms with Crippen molar-refractivity contribution < 1.29 is 18.7 Å². The van der Waals surface area contributed by atoms with Gasteiger partial charge in [0.15, 0.2) is 11.6 Å². The number of likely N-dealkylation sites (N-methyl/N-ethyl adjacent to an activating group) is 1. The van der Waals surface area contributed by atoms with Gasteiger partial charge in [0.1, 0.15) is 29.7 Å². The Morgan fingerprint density at radius 2 is 1.93 bits per heavy atom. The number of carbonyl (C=O) groups excluding carboxylic acids is 1. The van der Waals surface area contributed by atoms with Crippen molar-refractivity contribution in [1.82, 2.24) is 30.1 Å². The van der Waals surface area contributed by atoms with E-state index < -0.39 is 5.82 Å². The van der Waals surface area contributed by atoms with E-state index in [1.54, 1.807) is 11.1 Å². The maximum absolute atomic E-state index is 14.3. The van der Waals surface area contributed by atoms with Gasteiger partial charge in [0.2, 0.25) is 0 Å². The lowest BCUT2D eigenvalue weighted by Gasteiger charge is -2.59. The standard InChI is InChI=1S/C33H42FN7O3.C2H6/c1-5-41(22(2)3)32(42)25-14-23(34)6-7-28(25)44-30-17-36-21-38-31(30)40-19-33(20-40)15-24(16-33)43-29-8-10-37-27-9-12-39(13-11-35-4)18-26(27)29;1-2/h6-8,10,14,17,21-22,24,35H,5,9,11-13,15-16,18-20H2,1-4H3;1-2H3. The van der Waals surface area contributed by atoms with Gasteiger partial charge in [0.25, 0.3) is 5.91 Å². The van der Waals surface area contributed by atoms with Crippen LogP contribution in [0, 0.1) is 11.2 Å². The van der Waals surface area contributed by atoms with Gasteiger partial charge in [-0.2, -0.15) is 0 Å². The highest BCUT2D eigenvalue weighted by atomic mass is 19.1. The molecule has 2 aliphatic heterocycles. The summed E-state index contributed by atoms with van der Waals surface area (Å²) in [6.45, 7) is 15.8. The average molecular weight is 634 g/mol. The summed E-state index contributed by atoms with van der Waals surface area (Å²) in [6.07, 6.45) is 8.05. The third-order valence-corrected chi connectivity index (χ3v) is 9.07. The van der Waals surface area contributed by atoms with E-state index in [9.17, 15) is 9.18 Å². The highest BCUT2D eigenvalue weighted by Gasteiger charge is 2.54. The Labute approximate surface area is 272 Å². The summed E-state index contributed by atoms with van der Waals surface area (Å²) >= 11 is 0. The van der Waals surface area contributed by atoms with Crippen molar-refractivity contribution in [3.05, 3.63) is 65.6 Å². The largest absolute Gasteiger partial charge is 0.490 e. The van der Waals surface area contributed by atoms with Gasteiger partial charge in [-0.05, 0) is 64.9 Å². The van der Waals surface area contributed by atoms with E-state index in [2.05, 4.69) is 30.1 Å². The molecule has 1 spiro atoms. The number of nitrogens with one attached hydrogen (secondary N) is 1. The molecule has 10 nitrogen and oxygen atoms in total. The Bertz CT molecular complexity index is 1490. The molecule has 0 radical (unpaired) electrons. The fourth-order valence-corrected chi connectivity index (χ4v) is 6.77. The van der Waals surface area contributed by atoms with Crippen LogP contribution < -0.4 is 19.7 Å². The number of ether oxygens (including phenoxy) is 2. The molecule has 1 saturated carbocycles. The Balaban J connectivity index is 0.00000204. The second kappa shape index (κ2) is 14.7. The van der Waals surface area contributed by atoms with Crippen LogP contribution in [0.3, 0.4) is 0 Å². The van der Waals surface area contributed by atoms with E-state index >= 15 is 0 Å². The van der Waals surface area contributed by atoms with Gasteiger partial charge in [-0.15, -0.1) is 0 Å². The van der Waals surface area contributed by atoms with Gasteiger partial charge in [-0.1, -0.05) is 13.8 Å². The molecule has 0 unspecified atom stereocenters. The molecule has 1 amide bonds. The summed E-state index contributed by atoms with van der Waals surface area (Å²) in [5.41, 5.74) is 2.73. The topological polar surface area (TPSA) is 96.0 Å². The number of halogens is 1. The summed E-state index contributed by atoms with van der Waals surface area (Å²) in [4.78, 5) is 33.0. The molecular formula is C35H48FN7O3. The van der Waals surface area contributed by atoms with Crippen LogP contribution in [0.4, 0.5) is 10.2 Å². The molecular weight excluding hydrogens is 585 g/mol.